The molecule has 1 amide bonds. The summed E-state index contributed by atoms with van der Waals surface area (Å²) in [5.41, 5.74) is 1.98. The first kappa shape index (κ1) is 22.0. The largest absolute Gasteiger partial charge is 0.447 e. The van der Waals surface area contributed by atoms with Gasteiger partial charge in [0.1, 0.15) is 12.0 Å². The van der Waals surface area contributed by atoms with Gasteiger partial charge in [0.15, 0.2) is 5.69 Å². The lowest BCUT2D eigenvalue weighted by atomic mass is 9.70. The molecule has 1 N–H and O–H groups in total. The van der Waals surface area contributed by atoms with Crippen LogP contribution in [-0.2, 0) is 16.8 Å². The molecule has 1 aromatic heterocycles. The van der Waals surface area contributed by atoms with Crippen LogP contribution in [0.3, 0.4) is 0 Å². The average Bonchev–Trinajstić information content (AvgIpc) is 3.29. The molecule has 0 spiro atoms. The molecule has 2 heterocycles. The zero-order valence-electron chi connectivity index (χ0n) is 18.6. The molecule has 1 fully saturated rings. The van der Waals surface area contributed by atoms with E-state index in [0.717, 1.165) is 37.1 Å². The number of rotatable bonds is 7. The highest BCUT2D eigenvalue weighted by Gasteiger charge is 2.40. The molecular weight excluding hydrogens is 402 g/mol. The highest BCUT2D eigenvalue weighted by atomic mass is 16.3. The predicted molar refractivity (Wildman–Crippen MR) is 122 cm³/mol. The van der Waals surface area contributed by atoms with Gasteiger partial charge in [0.25, 0.3) is 5.91 Å². The highest BCUT2D eigenvalue weighted by Crippen LogP contribution is 2.36. The molecule has 1 aliphatic rings. The van der Waals surface area contributed by atoms with Crippen molar-refractivity contribution in [2.75, 3.05) is 13.1 Å². The van der Waals surface area contributed by atoms with Gasteiger partial charge in [-0.3, -0.25) is 14.5 Å². The number of carbonyl (C=O) groups is 2. The van der Waals surface area contributed by atoms with E-state index in [1.165, 1.54) is 6.26 Å². The molecular formula is C26H29N3O3. The van der Waals surface area contributed by atoms with Gasteiger partial charge >= 0.3 is 0 Å². The lowest BCUT2D eigenvalue weighted by molar-refractivity contribution is -0.124. The van der Waals surface area contributed by atoms with Crippen molar-refractivity contribution in [1.82, 2.24) is 15.2 Å². The fourth-order valence-electron chi connectivity index (χ4n) is 4.47. The van der Waals surface area contributed by atoms with Gasteiger partial charge in [-0.1, -0.05) is 60.7 Å². The topological polar surface area (TPSA) is 75.4 Å². The Labute approximate surface area is 188 Å². The smallest absolute Gasteiger partial charge is 0.273 e. The summed E-state index contributed by atoms with van der Waals surface area (Å²) in [4.78, 5) is 31.7. The van der Waals surface area contributed by atoms with E-state index in [1.807, 2.05) is 67.6 Å². The monoisotopic (exact) mass is 431 g/mol. The molecule has 3 aromatic rings. The fraction of sp³-hybridized carbons (Fsp3) is 0.346. The summed E-state index contributed by atoms with van der Waals surface area (Å²) < 4.78 is 5.58. The van der Waals surface area contributed by atoms with Crippen molar-refractivity contribution >= 4 is 11.7 Å². The minimum Gasteiger partial charge on any atom is -0.447 e. The summed E-state index contributed by atoms with van der Waals surface area (Å²) in [6.45, 7) is 5.69. The average molecular weight is 432 g/mol. The third kappa shape index (κ3) is 4.65. The number of piperidine rings is 1. The van der Waals surface area contributed by atoms with Gasteiger partial charge < -0.3 is 9.73 Å². The number of carbonyl (C=O) groups excluding carboxylic acids is 2. The van der Waals surface area contributed by atoms with Crippen LogP contribution in [0, 0.1) is 0 Å². The first-order valence-electron chi connectivity index (χ1n) is 11.1. The standard InChI is InChI=1S/C26H29N3O3/c1-19(21-9-5-3-6-10-21)27-25(31)23-18-32-24(28-23)17-29-15-13-26(14-16-29,20(2)30)22-11-7-4-8-12-22/h3-12,18-19H,13-17H2,1-2H3,(H,27,31)/t19-/m0/s1. The van der Waals surface area contributed by atoms with E-state index < -0.39 is 5.41 Å². The summed E-state index contributed by atoms with van der Waals surface area (Å²) in [5, 5.41) is 2.96. The summed E-state index contributed by atoms with van der Waals surface area (Å²) in [6.07, 6.45) is 2.93. The fourth-order valence-corrected chi connectivity index (χ4v) is 4.47. The van der Waals surface area contributed by atoms with Crippen LogP contribution in [0.1, 0.15) is 60.2 Å². The van der Waals surface area contributed by atoms with Gasteiger partial charge in [0.05, 0.1) is 18.0 Å². The quantitative estimate of drug-likeness (QED) is 0.604. The van der Waals surface area contributed by atoms with Gasteiger partial charge in [-0.05, 0) is 50.9 Å². The molecule has 2 aromatic carbocycles. The molecule has 6 nitrogen and oxygen atoms in total. The van der Waals surface area contributed by atoms with Crippen LogP contribution in [-0.4, -0.2) is 34.7 Å². The van der Waals surface area contributed by atoms with E-state index in [2.05, 4.69) is 15.2 Å². The van der Waals surface area contributed by atoms with Crippen LogP contribution < -0.4 is 5.32 Å². The number of aromatic nitrogens is 1. The Morgan fingerprint density at radius 3 is 2.31 bits per heavy atom. The lowest BCUT2D eigenvalue weighted by Gasteiger charge is -2.40. The predicted octanol–water partition coefficient (Wildman–Crippen LogP) is 4.29. The molecule has 0 unspecified atom stereocenters. The lowest BCUT2D eigenvalue weighted by Crippen LogP contribution is -2.46. The van der Waals surface area contributed by atoms with Crippen LogP contribution in [0.2, 0.25) is 0 Å². The van der Waals surface area contributed by atoms with Crippen molar-refractivity contribution in [1.29, 1.82) is 0 Å². The minimum absolute atomic E-state index is 0.122. The second-order valence-corrected chi connectivity index (χ2v) is 8.51. The zero-order valence-corrected chi connectivity index (χ0v) is 18.6. The van der Waals surface area contributed by atoms with Crippen LogP contribution in [0.15, 0.2) is 71.3 Å². The van der Waals surface area contributed by atoms with E-state index >= 15 is 0 Å². The Morgan fingerprint density at radius 1 is 1.06 bits per heavy atom. The van der Waals surface area contributed by atoms with E-state index in [1.54, 1.807) is 6.92 Å². The summed E-state index contributed by atoms with van der Waals surface area (Å²) in [6, 6.07) is 19.7. The number of benzene rings is 2. The van der Waals surface area contributed by atoms with E-state index in [4.69, 9.17) is 4.42 Å². The Bertz CT molecular complexity index is 1050. The van der Waals surface area contributed by atoms with Crippen molar-refractivity contribution in [2.24, 2.45) is 0 Å². The van der Waals surface area contributed by atoms with Crippen LogP contribution in [0.4, 0.5) is 0 Å². The molecule has 1 aliphatic heterocycles. The molecule has 32 heavy (non-hydrogen) atoms. The first-order chi connectivity index (χ1) is 15.5. The number of amides is 1. The summed E-state index contributed by atoms with van der Waals surface area (Å²) >= 11 is 0. The zero-order chi connectivity index (χ0) is 22.6. The number of hydrogen-bond donors (Lipinski definition) is 1. The summed E-state index contributed by atoms with van der Waals surface area (Å²) in [7, 11) is 0. The normalized spacial score (nSPS) is 16.9. The number of Topliss-reactive ketones (excluding diaryl/α,β-unsaturated/α-hetero) is 1. The number of nitrogens with one attached hydrogen (secondary N) is 1. The van der Waals surface area contributed by atoms with Crippen molar-refractivity contribution in [2.45, 2.75) is 44.7 Å². The molecule has 0 radical (unpaired) electrons. The minimum atomic E-state index is -0.424. The van der Waals surface area contributed by atoms with Crippen LogP contribution in [0.5, 0.6) is 0 Å². The Balaban J connectivity index is 1.35. The van der Waals surface area contributed by atoms with Crippen molar-refractivity contribution in [3.8, 4) is 0 Å². The van der Waals surface area contributed by atoms with Crippen molar-refractivity contribution in [3.63, 3.8) is 0 Å². The second-order valence-electron chi connectivity index (χ2n) is 8.51. The molecule has 1 atom stereocenters. The van der Waals surface area contributed by atoms with Gasteiger partial charge in [0.2, 0.25) is 5.89 Å². The molecule has 0 aliphatic carbocycles. The third-order valence-electron chi connectivity index (χ3n) is 6.50. The van der Waals surface area contributed by atoms with E-state index in [-0.39, 0.29) is 23.4 Å². The number of likely N-dealkylation sites (tertiary alicyclic amines) is 1. The van der Waals surface area contributed by atoms with Crippen LogP contribution in [0.25, 0.3) is 0 Å². The molecule has 6 heteroatoms. The Kier molecular flexibility index (Phi) is 6.51. The number of ketones is 1. The number of oxazole rings is 1. The second kappa shape index (κ2) is 9.49. The van der Waals surface area contributed by atoms with E-state index in [9.17, 15) is 9.59 Å². The van der Waals surface area contributed by atoms with Gasteiger partial charge in [-0.25, -0.2) is 4.98 Å². The Hall–Kier alpha value is -3.25. The number of hydrogen-bond acceptors (Lipinski definition) is 5. The maximum Gasteiger partial charge on any atom is 0.273 e. The molecule has 1 saturated heterocycles. The maximum atomic E-state index is 12.6. The molecule has 4 rings (SSSR count). The SMILES string of the molecule is CC(=O)C1(c2ccccc2)CCN(Cc2nc(C(=O)N[C@@H](C)c3ccccc3)co2)CC1. The maximum absolute atomic E-state index is 12.6. The van der Waals surface area contributed by atoms with E-state index in [0.29, 0.717) is 12.4 Å². The van der Waals surface area contributed by atoms with Gasteiger partial charge in [-0.15, -0.1) is 0 Å². The highest BCUT2D eigenvalue weighted by molar-refractivity contribution is 5.92. The molecule has 166 valence electrons. The van der Waals surface area contributed by atoms with Gasteiger partial charge in [0, 0.05) is 0 Å². The van der Waals surface area contributed by atoms with Crippen LogP contribution >= 0.6 is 0 Å². The molecule has 0 saturated carbocycles. The Morgan fingerprint density at radius 2 is 1.69 bits per heavy atom. The summed E-state index contributed by atoms with van der Waals surface area (Å²) in [5.74, 6) is 0.471. The van der Waals surface area contributed by atoms with Gasteiger partial charge in [-0.2, -0.15) is 0 Å². The third-order valence-corrected chi connectivity index (χ3v) is 6.50. The first-order valence-corrected chi connectivity index (χ1v) is 11.1. The molecule has 0 bridgehead atoms. The number of nitrogens with zero attached hydrogens (tertiary/aromatic N) is 2. The van der Waals surface area contributed by atoms with Crippen molar-refractivity contribution < 1.29 is 14.0 Å². The van der Waals surface area contributed by atoms with Crippen molar-refractivity contribution in [3.05, 3.63) is 89.6 Å².